The van der Waals surface area contributed by atoms with Gasteiger partial charge in [-0.2, -0.15) is 0 Å². The maximum Gasteiger partial charge on any atom is 0.294 e. The number of nitrogens with zero attached hydrogens (tertiary/aromatic N) is 1. The summed E-state index contributed by atoms with van der Waals surface area (Å²) in [7, 11) is 0. The average molecular weight is 306 g/mol. The van der Waals surface area contributed by atoms with E-state index < -0.39 is 23.6 Å². The molecule has 1 saturated heterocycles. The summed E-state index contributed by atoms with van der Waals surface area (Å²) in [4.78, 5) is 35.7. The molecule has 1 aromatic carbocycles. The molecule has 6 nitrogen and oxygen atoms in total. The fourth-order valence-corrected chi connectivity index (χ4v) is 2.64. The van der Waals surface area contributed by atoms with Crippen molar-refractivity contribution in [3.63, 3.8) is 0 Å². The second-order valence-corrected chi connectivity index (χ2v) is 5.23. The number of hydrogen-bond acceptors (Lipinski definition) is 5. The van der Waals surface area contributed by atoms with Crippen LogP contribution in [-0.2, 0) is 9.59 Å². The predicted octanol–water partition coefficient (Wildman–Crippen LogP) is 1.61. The molecule has 0 spiro atoms. The van der Waals surface area contributed by atoms with Crippen molar-refractivity contribution in [2.45, 2.75) is 6.92 Å². The van der Waals surface area contributed by atoms with E-state index in [1.54, 1.807) is 30.3 Å². The minimum atomic E-state index is -0.725. The largest absolute Gasteiger partial charge is 0.494 e. The van der Waals surface area contributed by atoms with Gasteiger partial charge < -0.3 is 10.5 Å². The number of rotatable bonds is 5. The van der Waals surface area contributed by atoms with Crippen molar-refractivity contribution in [3.05, 3.63) is 34.7 Å². The Kier molecular flexibility index (Phi) is 4.64. The van der Waals surface area contributed by atoms with E-state index in [-0.39, 0.29) is 4.91 Å². The molecule has 0 radical (unpaired) electrons. The molecule has 1 heterocycles. The lowest BCUT2D eigenvalue weighted by Crippen LogP contribution is -2.36. The van der Waals surface area contributed by atoms with Gasteiger partial charge in [0, 0.05) is 0 Å². The average Bonchev–Trinajstić information content (AvgIpc) is 2.67. The zero-order chi connectivity index (χ0) is 15.4. The first-order chi connectivity index (χ1) is 10.0. The molecule has 0 saturated carbocycles. The number of primary amides is 1. The monoisotopic (exact) mass is 306 g/mol. The minimum Gasteiger partial charge on any atom is -0.494 e. The number of ether oxygens (including phenoxy) is 1. The van der Waals surface area contributed by atoms with E-state index in [1.165, 1.54) is 0 Å². The van der Waals surface area contributed by atoms with E-state index >= 15 is 0 Å². The van der Waals surface area contributed by atoms with Gasteiger partial charge in [-0.05, 0) is 42.5 Å². The van der Waals surface area contributed by atoms with Crippen molar-refractivity contribution in [3.8, 4) is 5.75 Å². The molecule has 0 aromatic heterocycles. The summed E-state index contributed by atoms with van der Waals surface area (Å²) in [5.41, 5.74) is 5.76. The molecular weight excluding hydrogens is 292 g/mol. The maximum atomic E-state index is 12.0. The van der Waals surface area contributed by atoms with Crippen LogP contribution < -0.4 is 10.5 Å². The summed E-state index contributed by atoms with van der Waals surface area (Å²) < 4.78 is 5.37. The highest BCUT2D eigenvalue weighted by Gasteiger charge is 2.35. The van der Waals surface area contributed by atoms with Crippen LogP contribution in [0.3, 0.4) is 0 Å². The molecule has 1 aliphatic rings. The van der Waals surface area contributed by atoms with Gasteiger partial charge in [0.15, 0.2) is 0 Å². The number of carbonyl (C=O) groups is 3. The molecule has 0 atom stereocenters. The molecule has 7 heteroatoms. The van der Waals surface area contributed by atoms with Crippen LogP contribution in [-0.4, -0.2) is 35.1 Å². The van der Waals surface area contributed by atoms with Gasteiger partial charge in [-0.15, -0.1) is 0 Å². The van der Waals surface area contributed by atoms with E-state index in [4.69, 9.17) is 10.5 Å². The minimum absolute atomic E-state index is 0.259. The van der Waals surface area contributed by atoms with Crippen LogP contribution in [0.25, 0.3) is 6.08 Å². The number of imide groups is 1. The SMILES string of the molecule is CCOc1cccc(/C=C2\SC(=O)N(CC(N)=O)C2=O)c1. The second kappa shape index (κ2) is 6.45. The molecule has 1 fully saturated rings. The zero-order valence-electron chi connectivity index (χ0n) is 11.4. The van der Waals surface area contributed by atoms with Crippen LogP contribution in [0.2, 0.25) is 0 Å². The molecule has 1 aliphatic heterocycles. The third kappa shape index (κ3) is 3.63. The molecule has 2 rings (SSSR count). The molecular formula is C14H14N2O4S. The first-order valence-electron chi connectivity index (χ1n) is 6.27. The third-order valence-corrected chi connectivity index (χ3v) is 3.56. The summed E-state index contributed by atoms with van der Waals surface area (Å²) in [6, 6.07) is 7.17. The number of carbonyl (C=O) groups excluding carboxylic acids is 3. The lowest BCUT2D eigenvalue weighted by Gasteiger charge is -2.08. The van der Waals surface area contributed by atoms with Gasteiger partial charge in [-0.25, -0.2) is 0 Å². The molecule has 0 aliphatic carbocycles. The fraction of sp³-hybridized carbons (Fsp3) is 0.214. The smallest absolute Gasteiger partial charge is 0.294 e. The Morgan fingerprint density at radius 3 is 2.86 bits per heavy atom. The van der Waals surface area contributed by atoms with Crippen LogP contribution in [0, 0.1) is 0 Å². The van der Waals surface area contributed by atoms with Gasteiger partial charge >= 0.3 is 0 Å². The van der Waals surface area contributed by atoms with Crippen molar-refractivity contribution in [2.75, 3.05) is 13.2 Å². The highest BCUT2D eigenvalue weighted by molar-refractivity contribution is 8.18. The van der Waals surface area contributed by atoms with Gasteiger partial charge in [-0.3, -0.25) is 19.3 Å². The summed E-state index contributed by atoms with van der Waals surface area (Å²) in [6.45, 7) is 2.02. The van der Waals surface area contributed by atoms with E-state index in [2.05, 4.69) is 0 Å². The van der Waals surface area contributed by atoms with Crippen LogP contribution in [0.15, 0.2) is 29.2 Å². The maximum absolute atomic E-state index is 12.0. The van der Waals surface area contributed by atoms with E-state index in [0.717, 1.165) is 22.2 Å². The Morgan fingerprint density at radius 2 is 2.19 bits per heavy atom. The van der Waals surface area contributed by atoms with Gasteiger partial charge in [0.05, 0.1) is 11.5 Å². The molecule has 1 aromatic rings. The Bertz CT molecular complexity index is 627. The van der Waals surface area contributed by atoms with E-state index in [9.17, 15) is 14.4 Å². The Balaban J connectivity index is 2.22. The lowest BCUT2D eigenvalue weighted by molar-refractivity contribution is -0.127. The summed E-state index contributed by atoms with van der Waals surface area (Å²) in [5.74, 6) is -0.551. The highest BCUT2D eigenvalue weighted by Crippen LogP contribution is 2.32. The van der Waals surface area contributed by atoms with Gasteiger partial charge in [0.25, 0.3) is 11.1 Å². The summed E-state index contributed by atoms with van der Waals surface area (Å²) in [5, 5.41) is -0.494. The van der Waals surface area contributed by atoms with Crippen LogP contribution in [0.5, 0.6) is 5.75 Å². The lowest BCUT2D eigenvalue weighted by atomic mass is 10.2. The molecule has 0 unspecified atom stereocenters. The third-order valence-electron chi connectivity index (χ3n) is 2.65. The molecule has 110 valence electrons. The van der Waals surface area contributed by atoms with Crippen molar-refractivity contribution in [1.82, 2.24) is 4.90 Å². The van der Waals surface area contributed by atoms with Gasteiger partial charge in [0.2, 0.25) is 5.91 Å². The normalized spacial score (nSPS) is 16.6. The molecule has 0 bridgehead atoms. The fourth-order valence-electron chi connectivity index (χ4n) is 1.80. The highest BCUT2D eigenvalue weighted by atomic mass is 32.2. The number of hydrogen-bond donors (Lipinski definition) is 1. The van der Waals surface area contributed by atoms with Gasteiger partial charge in [0.1, 0.15) is 12.3 Å². The topological polar surface area (TPSA) is 89.7 Å². The number of nitrogens with two attached hydrogens (primary N) is 1. The van der Waals surface area contributed by atoms with E-state index in [0.29, 0.717) is 12.4 Å². The predicted molar refractivity (Wildman–Crippen MR) is 79.5 cm³/mol. The van der Waals surface area contributed by atoms with Crippen molar-refractivity contribution in [1.29, 1.82) is 0 Å². The Labute approximate surface area is 125 Å². The summed E-state index contributed by atoms with van der Waals surface area (Å²) in [6.07, 6.45) is 1.59. The molecule has 3 amide bonds. The quantitative estimate of drug-likeness (QED) is 0.835. The Hall–Kier alpha value is -2.28. The van der Waals surface area contributed by atoms with Crippen LogP contribution in [0.1, 0.15) is 12.5 Å². The number of thioether (sulfide) groups is 1. The summed E-state index contributed by atoms with van der Waals surface area (Å²) >= 11 is 0.788. The van der Waals surface area contributed by atoms with Crippen molar-refractivity contribution >= 4 is 34.9 Å². The van der Waals surface area contributed by atoms with Crippen LogP contribution >= 0.6 is 11.8 Å². The van der Waals surface area contributed by atoms with Crippen molar-refractivity contribution < 1.29 is 19.1 Å². The van der Waals surface area contributed by atoms with Crippen LogP contribution in [0.4, 0.5) is 4.79 Å². The Morgan fingerprint density at radius 1 is 1.43 bits per heavy atom. The zero-order valence-corrected chi connectivity index (χ0v) is 12.2. The van der Waals surface area contributed by atoms with E-state index in [1.807, 2.05) is 6.92 Å². The van der Waals surface area contributed by atoms with Gasteiger partial charge in [-0.1, -0.05) is 12.1 Å². The standard InChI is InChI=1S/C14H14N2O4S/c1-2-20-10-5-3-4-9(6-10)7-11-13(18)16(8-12(15)17)14(19)21-11/h3-7H,2,8H2,1H3,(H2,15,17)/b11-7-. The molecule has 2 N–H and O–H groups in total. The number of amides is 3. The van der Waals surface area contributed by atoms with Crippen molar-refractivity contribution in [2.24, 2.45) is 5.73 Å². The first-order valence-corrected chi connectivity index (χ1v) is 7.09. The molecule has 21 heavy (non-hydrogen) atoms. The number of benzene rings is 1. The first kappa shape index (κ1) is 15.1. The second-order valence-electron chi connectivity index (χ2n) is 4.24.